The molecule has 0 saturated heterocycles. The summed E-state index contributed by atoms with van der Waals surface area (Å²) in [6.07, 6.45) is 2.95. The molecule has 3 rings (SSSR count). The van der Waals surface area contributed by atoms with Crippen molar-refractivity contribution in [2.75, 3.05) is 0 Å². The van der Waals surface area contributed by atoms with Gasteiger partial charge < -0.3 is 0 Å². The van der Waals surface area contributed by atoms with Crippen LogP contribution in [0.2, 0.25) is 0 Å². The zero-order valence-electron chi connectivity index (χ0n) is 11.3. The van der Waals surface area contributed by atoms with Crippen molar-refractivity contribution in [2.45, 2.75) is 19.4 Å². The summed E-state index contributed by atoms with van der Waals surface area (Å²) in [4.78, 5) is 7.10. The highest BCUT2D eigenvalue weighted by molar-refractivity contribution is 7.12. The summed E-state index contributed by atoms with van der Waals surface area (Å²) in [7, 11) is 0. The minimum Gasteiger partial charge on any atom is -0.271 e. The first-order chi connectivity index (χ1) is 9.81. The second kappa shape index (κ2) is 5.71. The Kier molecular flexibility index (Phi) is 3.78. The van der Waals surface area contributed by atoms with E-state index in [0.29, 0.717) is 0 Å². The first-order valence-corrected chi connectivity index (χ1v) is 7.53. The molecule has 0 aliphatic rings. The molecule has 4 heteroatoms. The van der Waals surface area contributed by atoms with Crippen LogP contribution in [0.1, 0.15) is 28.3 Å². The Bertz CT molecular complexity index is 720. The third-order valence-electron chi connectivity index (χ3n) is 3.43. The third kappa shape index (κ3) is 2.45. The van der Waals surface area contributed by atoms with Crippen LogP contribution in [-0.2, 0) is 6.42 Å². The number of rotatable bonds is 4. The number of nitrogens with zero attached hydrogens (tertiary/aromatic N) is 1. The summed E-state index contributed by atoms with van der Waals surface area (Å²) in [5.74, 6) is 5.76. The van der Waals surface area contributed by atoms with E-state index in [-0.39, 0.29) is 6.04 Å². The molecule has 3 aromatic rings. The fraction of sp³-hybridized carbons (Fsp3) is 0.188. The largest absolute Gasteiger partial charge is 0.271 e. The number of thiophene rings is 1. The Labute approximate surface area is 122 Å². The van der Waals surface area contributed by atoms with Gasteiger partial charge >= 0.3 is 0 Å². The monoisotopic (exact) mass is 283 g/mol. The maximum absolute atomic E-state index is 5.76. The van der Waals surface area contributed by atoms with Gasteiger partial charge in [-0.2, -0.15) is 0 Å². The number of benzene rings is 1. The number of hydrogen-bond donors (Lipinski definition) is 2. The number of fused-ring (bicyclic) bond motifs is 1. The fourth-order valence-corrected chi connectivity index (χ4v) is 3.37. The Morgan fingerprint density at radius 2 is 2.10 bits per heavy atom. The Hall–Kier alpha value is -1.75. The van der Waals surface area contributed by atoms with Crippen LogP contribution in [0.25, 0.3) is 10.9 Å². The molecular formula is C16H17N3S. The number of para-hydroxylation sites is 1. The summed E-state index contributed by atoms with van der Waals surface area (Å²) >= 11 is 1.80. The molecule has 3 nitrogen and oxygen atoms in total. The maximum Gasteiger partial charge on any atom is 0.0817 e. The van der Waals surface area contributed by atoms with Crippen LogP contribution < -0.4 is 11.3 Å². The number of nitrogens with two attached hydrogens (primary N) is 1. The molecule has 2 aromatic heterocycles. The van der Waals surface area contributed by atoms with Crippen molar-refractivity contribution < 1.29 is 0 Å². The predicted octanol–water partition coefficient (Wildman–Crippen LogP) is 3.41. The van der Waals surface area contributed by atoms with E-state index in [1.807, 2.05) is 24.4 Å². The van der Waals surface area contributed by atoms with Crippen molar-refractivity contribution in [3.05, 3.63) is 64.0 Å². The van der Waals surface area contributed by atoms with Gasteiger partial charge in [-0.1, -0.05) is 25.1 Å². The Morgan fingerprint density at radius 3 is 2.85 bits per heavy atom. The van der Waals surface area contributed by atoms with Crippen LogP contribution in [0.4, 0.5) is 0 Å². The smallest absolute Gasteiger partial charge is 0.0817 e. The number of hydrogen-bond acceptors (Lipinski definition) is 4. The lowest BCUT2D eigenvalue weighted by Gasteiger charge is -2.15. The first kappa shape index (κ1) is 13.2. The van der Waals surface area contributed by atoms with Crippen LogP contribution >= 0.6 is 11.3 Å². The Balaban J connectivity index is 2.02. The predicted molar refractivity (Wildman–Crippen MR) is 84.6 cm³/mol. The highest BCUT2D eigenvalue weighted by Gasteiger charge is 2.15. The van der Waals surface area contributed by atoms with Crippen LogP contribution in [-0.4, -0.2) is 4.98 Å². The molecule has 0 aliphatic carbocycles. The van der Waals surface area contributed by atoms with E-state index in [1.165, 1.54) is 9.75 Å². The van der Waals surface area contributed by atoms with Gasteiger partial charge in [-0.05, 0) is 36.2 Å². The van der Waals surface area contributed by atoms with Gasteiger partial charge in [0.2, 0.25) is 0 Å². The van der Waals surface area contributed by atoms with Crippen molar-refractivity contribution in [2.24, 2.45) is 5.84 Å². The van der Waals surface area contributed by atoms with E-state index in [2.05, 4.69) is 41.6 Å². The second-order valence-corrected chi connectivity index (χ2v) is 5.92. The van der Waals surface area contributed by atoms with E-state index in [0.717, 1.165) is 22.9 Å². The molecular weight excluding hydrogens is 266 g/mol. The third-order valence-corrected chi connectivity index (χ3v) is 4.72. The lowest BCUT2D eigenvalue weighted by Crippen LogP contribution is -2.28. The number of nitrogens with one attached hydrogen (secondary N) is 1. The summed E-state index contributed by atoms with van der Waals surface area (Å²) in [6.45, 7) is 2.16. The van der Waals surface area contributed by atoms with Crippen LogP contribution in [0.3, 0.4) is 0 Å². The van der Waals surface area contributed by atoms with Crippen molar-refractivity contribution in [1.29, 1.82) is 0 Å². The molecule has 0 spiro atoms. The highest BCUT2D eigenvalue weighted by atomic mass is 32.1. The van der Waals surface area contributed by atoms with E-state index in [1.54, 1.807) is 11.3 Å². The van der Waals surface area contributed by atoms with E-state index >= 15 is 0 Å². The zero-order valence-corrected chi connectivity index (χ0v) is 12.2. The van der Waals surface area contributed by atoms with Crippen molar-refractivity contribution in [3.63, 3.8) is 0 Å². The number of hydrazine groups is 1. The van der Waals surface area contributed by atoms with Gasteiger partial charge in [0.1, 0.15) is 0 Å². The van der Waals surface area contributed by atoms with Gasteiger partial charge in [0.25, 0.3) is 0 Å². The molecule has 0 radical (unpaired) electrons. The van der Waals surface area contributed by atoms with Gasteiger partial charge in [0, 0.05) is 21.3 Å². The summed E-state index contributed by atoms with van der Waals surface area (Å²) in [6, 6.07) is 14.6. The number of aromatic nitrogens is 1. The molecule has 102 valence electrons. The molecule has 1 atom stereocenters. The minimum absolute atomic E-state index is 0.00240. The molecule has 0 saturated carbocycles. The second-order valence-electron chi connectivity index (χ2n) is 4.72. The van der Waals surface area contributed by atoms with Gasteiger partial charge in [-0.15, -0.1) is 11.3 Å². The van der Waals surface area contributed by atoms with Gasteiger partial charge in [-0.25, -0.2) is 5.43 Å². The first-order valence-electron chi connectivity index (χ1n) is 6.71. The van der Waals surface area contributed by atoms with Gasteiger partial charge in [0.15, 0.2) is 0 Å². The van der Waals surface area contributed by atoms with Crippen molar-refractivity contribution >= 4 is 22.2 Å². The summed E-state index contributed by atoms with van der Waals surface area (Å²) < 4.78 is 0. The topological polar surface area (TPSA) is 50.9 Å². The van der Waals surface area contributed by atoms with E-state index < -0.39 is 0 Å². The highest BCUT2D eigenvalue weighted by Crippen LogP contribution is 2.29. The average molecular weight is 283 g/mol. The standard InChI is InChI=1S/C16H17N3S/c1-2-13-7-8-15(20-13)16(19-17)12-9-11-5-3-4-6-14(11)18-10-12/h3-10,16,19H,2,17H2,1H3. The van der Waals surface area contributed by atoms with Crippen LogP contribution in [0, 0.1) is 0 Å². The fourth-order valence-electron chi connectivity index (χ4n) is 2.33. The zero-order chi connectivity index (χ0) is 13.9. The van der Waals surface area contributed by atoms with Crippen molar-refractivity contribution in [3.8, 4) is 0 Å². The SMILES string of the molecule is CCc1ccc(C(NN)c2cnc3ccccc3c2)s1. The van der Waals surface area contributed by atoms with Gasteiger partial charge in [0.05, 0.1) is 11.6 Å². The number of pyridine rings is 1. The van der Waals surface area contributed by atoms with Crippen molar-refractivity contribution in [1.82, 2.24) is 10.4 Å². The van der Waals surface area contributed by atoms with Crippen LogP contribution in [0.5, 0.6) is 0 Å². The maximum atomic E-state index is 5.76. The van der Waals surface area contributed by atoms with Crippen LogP contribution in [0.15, 0.2) is 48.7 Å². The molecule has 3 N–H and O–H groups in total. The summed E-state index contributed by atoms with van der Waals surface area (Å²) in [5, 5.41) is 1.14. The van der Waals surface area contributed by atoms with E-state index in [4.69, 9.17) is 5.84 Å². The molecule has 20 heavy (non-hydrogen) atoms. The average Bonchev–Trinajstić information content (AvgIpc) is 2.97. The molecule has 1 aromatic carbocycles. The lowest BCUT2D eigenvalue weighted by molar-refractivity contribution is 0.645. The molecule has 0 aliphatic heterocycles. The molecule has 1 unspecified atom stereocenters. The molecule has 0 amide bonds. The molecule has 0 bridgehead atoms. The lowest BCUT2D eigenvalue weighted by atomic mass is 10.1. The molecule has 2 heterocycles. The van der Waals surface area contributed by atoms with E-state index in [9.17, 15) is 0 Å². The summed E-state index contributed by atoms with van der Waals surface area (Å²) in [5.41, 5.74) is 5.01. The minimum atomic E-state index is -0.00240. The normalized spacial score (nSPS) is 12.7. The molecule has 0 fully saturated rings. The number of aryl methyl sites for hydroxylation is 1. The van der Waals surface area contributed by atoms with Gasteiger partial charge in [-0.3, -0.25) is 10.8 Å². The quantitative estimate of drug-likeness (QED) is 0.570. The Morgan fingerprint density at radius 1 is 1.25 bits per heavy atom.